The molecule has 1 saturated heterocycles. The third kappa shape index (κ3) is 3.91. The van der Waals surface area contributed by atoms with E-state index in [0.29, 0.717) is 18.0 Å². The van der Waals surface area contributed by atoms with Gasteiger partial charge in [0.15, 0.2) is 0 Å². The Morgan fingerprint density at radius 1 is 1.21 bits per heavy atom. The monoisotopic (exact) mass is 269 g/mol. The quantitative estimate of drug-likeness (QED) is 0.603. The molecule has 0 spiro atoms. The summed E-state index contributed by atoms with van der Waals surface area (Å²) in [6.45, 7) is 9.78. The van der Waals surface area contributed by atoms with Crippen LogP contribution in [0.3, 0.4) is 0 Å². The van der Waals surface area contributed by atoms with Crippen molar-refractivity contribution >= 4 is 0 Å². The number of nitrogens with zero attached hydrogens (tertiary/aromatic N) is 1. The lowest BCUT2D eigenvalue weighted by Crippen LogP contribution is -2.58. The van der Waals surface area contributed by atoms with Crippen molar-refractivity contribution < 1.29 is 4.74 Å². The zero-order chi connectivity index (χ0) is 13.8. The molecule has 19 heavy (non-hydrogen) atoms. The highest BCUT2D eigenvalue weighted by Crippen LogP contribution is 2.32. The molecule has 2 fully saturated rings. The van der Waals surface area contributed by atoms with Crippen LogP contribution >= 0.6 is 0 Å². The molecule has 2 rings (SSSR count). The van der Waals surface area contributed by atoms with E-state index in [2.05, 4.69) is 31.1 Å². The smallest absolute Gasteiger partial charge is 0.0871 e. The van der Waals surface area contributed by atoms with E-state index in [9.17, 15) is 0 Å². The molecule has 1 aliphatic heterocycles. The third-order valence-electron chi connectivity index (χ3n) is 5.02. The summed E-state index contributed by atoms with van der Waals surface area (Å²) in [5, 5.41) is 0. The maximum Gasteiger partial charge on any atom is 0.0871 e. The zero-order valence-corrected chi connectivity index (χ0v) is 12.8. The van der Waals surface area contributed by atoms with Gasteiger partial charge in [-0.3, -0.25) is 16.2 Å². The van der Waals surface area contributed by atoms with Crippen molar-refractivity contribution in [3.8, 4) is 0 Å². The van der Waals surface area contributed by atoms with Crippen LogP contribution in [0.25, 0.3) is 0 Å². The van der Waals surface area contributed by atoms with E-state index in [1.807, 2.05) is 0 Å². The highest BCUT2D eigenvalue weighted by Gasteiger charge is 2.35. The first-order chi connectivity index (χ1) is 9.11. The van der Waals surface area contributed by atoms with E-state index in [1.54, 1.807) is 0 Å². The Balaban J connectivity index is 1.93. The van der Waals surface area contributed by atoms with Crippen LogP contribution in [0.2, 0.25) is 0 Å². The van der Waals surface area contributed by atoms with Crippen LogP contribution in [0.15, 0.2) is 0 Å². The molecule has 3 N–H and O–H groups in total. The first-order valence-electron chi connectivity index (χ1n) is 7.93. The lowest BCUT2D eigenvalue weighted by atomic mass is 9.77. The number of ether oxygens (including phenoxy) is 1. The number of nitrogens with one attached hydrogen (secondary N) is 1. The number of hydrogen-bond donors (Lipinski definition) is 2. The molecule has 1 aliphatic carbocycles. The maximum atomic E-state index is 6.01. The highest BCUT2D eigenvalue weighted by atomic mass is 16.5. The normalized spacial score (nSPS) is 35.5. The Labute approximate surface area is 118 Å². The summed E-state index contributed by atoms with van der Waals surface area (Å²) < 4.78 is 6.01. The van der Waals surface area contributed by atoms with Gasteiger partial charge in [-0.2, -0.15) is 0 Å². The van der Waals surface area contributed by atoms with Crippen molar-refractivity contribution in [2.24, 2.45) is 17.7 Å². The average Bonchev–Trinajstić information content (AvgIpc) is 2.42. The van der Waals surface area contributed by atoms with Crippen molar-refractivity contribution in [2.75, 3.05) is 19.7 Å². The Hall–Kier alpha value is -0.160. The van der Waals surface area contributed by atoms with Crippen LogP contribution in [-0.2, 0) is 4.74 Å². The molecule has 2 unspecified atom stereocenters. The first-order valence-corrected chi connectivity index (χ1v) is 7.93. The number of morpholine rings is 1. The summed E-state index contributed by atoms with van der Waals surface area (Å²) in [6, 6.07) is 0.908. The van der Waals surface area contributed by atoms with Crippen LogP contribution < -0.4 is 11.3 Å². The fraction of sp³-hybridized carbons (Fsp3) is 1.00. The number of hydrazine groups is 1. The van der Waals surface area contributed by atoms with E-state index >= 15 is 0 Å². The van der Waals surface area contributed by atoms with E-state index in [4.69, 9.17) is 10.6 Å². The molecule has 1 saturated carbocycles. The van der Waals surface area contributed by atoms with Crippen molar-refractivity contribution in [2.45, 2.75) is 64.6 Å². The van der Waals surface area contributed by atoms with Gasteiger partial charge in [-0.25, -0.2) is 0 Å². The van der Waals surface area contributed by atoms with Crippen molar-refractivity contribution in [1.29, 1.82) is 0 Å². The fourth-order valence-electron chi connectivity index (χ4n) is 3.57. The first kappa shape index (κ1) is 15.2. The van der Waals surface area contributed by atoms with E-state index < -0.39 is 0 Å². The Bertz CT molecular complexity index is 264. The number of nitrogens with two attached hydrogens (primary N) is 1. The minimum atomic E-state index is 0.250. The third-order valence-corrected chi connectivity index (χ3v) is 5.02. The summed E-state index contributed by atoms with van der Waals surface area (Å²) in [5.74, 6) is 7.40. The fourth-order valence-corrected chi connectivity index (χ4v) is 3.57. The van der Waals surface area contributed by atoms with Crippen molar-refractivity contribution in [3.63, 3.8) is 0 Å². The molecule has 0 bridgehead atoms. The van der Waals surface area contributed by atoms with Gasteiger partial charge in [0.25, 0.3) is 0 Å². The topological polar surface area (TPSA) is 50.5 Å². The van der Waals surface area contributed by atoms with Gasteiger partial charge in [0, 0.05) is 19.1 Å². The maximum absolute atomic E-state index is 6.01. The molecular formula is C15H31N3O. The van der Waals surface area contributed by atoms with Gasteiger partial charge in [-0.15, -0.1) is 0 Å². The second-order valence-electron chi connectivity index (χ2n) is 6.71. The van der Waals surface area contributed by atoms with Gasteiger partial charge >= 0.3 is 0 Å². The van der Waals surface area contributed by atoms with Gasteiger partial charge in [0.05, 0.1) is 18.8 Å². The predicted molar refractivity (Wildman–Crippen MR) is 78.7 cm³/mol. The molecule has 1 heterocycles. The predicted octanol–water partition coefficient (Wildman–Crippen LogP) is 1.75. The summed E-state index contributed by atoms with van der Waals surface area (Å²) in [7, 11) is 0. The summed E-state index contributed by atoms with van der Waals surface area (Å²) >= 11 is 0. The van der Waals surface area contributed by atoms with Crippen LogP contribution in [0.4, 0.5) is 0 Å². The molecule has 4 heteroatoms. The lowest BCUT2D eigenvalue weighted by Gasteiger charge is -2.42. The van der Waals surface area contributed by atoms with Crippen molar-refractivity contribution in [1.82, 2.24) is 10.3 Å². The molecule has 2 aliphatic rings. The molecule has 2 atom stereocenters. The Morgan fingerprint density at radius 3 is 2.47 bits per heavy atom. The largest absolute Gasteiger partial charge is 0.374 e. The van der Waals surface area contributed by atoms with Gasteiger partial charge in [0.1, 0.15) is 0 Å². The number of hydrogen-bond acceptors (Lipinski definition) is 4. The lowest BCUT2D eigenvalue weighted by molar-refractivity contribution is -0.0682. The molecule has 112 valence electrons. The highest BCUT2D eigenvalue weighted by molar-refractivity contribution is 4.89. The molecule has 4 nitrogen and oxygen atoms in total. The van der Waals surface area contributed by atoms with Crippen LogP contribution in [0.5, 0.6) is 0 Å². The van der Waals surface area contributed by atoms with E-state index in [-0.39, 0.29) is 6.10 Å². The molecule has 0 amide bonds. The number of rotatable bonds is 4. The Kier molecular flexibility index (Phi) is 5.63. The van der Waals surface area contributed by atoms with Gasteiger partial charge in [-0.05, 0) is 38.5 Å². The summed E-state index contributed by atoms with van der Waals surface area (Å²) in [4.78, 5) is 2.50. The zero-order valence-electron chi connectivity index (χ0n) is 12.8. The van der Waals surface area contributed by atoms with Crippen LogP contribution in [-0.4, -0.2) is 42.8 Å². The average molecular weight is 269 g/mol. The van der Waals surface area contributed by atoms with Crippen LogP contribution in [0.1, 0.15) is 46.5 Å². The van der Waals surface area contributed by atoms with Crippen LogP contribution in [0, 0.1) is 11.8 Å². The van der Waals surface area contributed by atoms with Gasteiger partial charge in [-0.1, -0.05) is 19.8 Å². The van der Waals surface area contributed by atoms with E-state index in [1.165, 1.54) is 25.7 Å². The standard InChI is InChI=1S/C15H31N3O/c1-11(2)18-8-9-19-14(10-18)15(17-16)13-6-4-12(3)5-7-13/h11-15,17H,4-10,16H2,1-3H3. The molecular weight excluding hydrogens is 238 g/mol. The molecule has 0 radical (unpaired) electrons. The minimum absolute atomic E-state index is 0.250. The van der Waals surface area contributed by atoms with Gasteiger partial charge < -0.3 is 4.74 Å². The SMILES string of the molecule is CC1CCC(C(NN)C2CN(C(C)C)CCO2)CC1. The molecule has 0 aromatic heterocycles. The molecule has 0 aromatic carbocycles. The second-order valence-corrected chi connectivity index (χ2v) is 6.71. The van der Waals surface area contributed by atoms with E-state index in [0.717, 1.165) is 25.6 Å². The van der Waals surface area contributed by atoms with Crippen molar-refractivity contribution in [3.05, 3.63) is 0 Å². The minimum Gasteiger partial charge on any atom is -0.374 e. The summed E-state index contributed by atoms with van der Waals surface area (Å²) in [5.41, 5.74) is 3.06. The second kappa shape index (κ2) is 7.02. The Morgan fingerprint density at radius 2 is 1.89 bits per heavy atom. The van der Waals surface area contributed by atoms with Gasteiger partial charge in [0.2, 0.25) is 0 Å². The summed E-state index contributed by atoms with van der Waals surface area (Å²) in [6.07, 6.45) is 5.50. The molecule has 0 aromatic rings.